The maximum atomic E-state index is 12.1. The van der Waals surface area contributed by atoms with Gasteiger partial charge in [-0.2, -0.15) is 0 Å². The van der Waals surface area contributed by atoms with E-state index in [4.69, 9.17) is 9.52 Å². The average molecular weight is 293 g/mol. The van der Waals surface area contributed by atoms with E-state index in [2.05, 4.69) is 0 Å². The van der Waals surface area contributed by atoms with Crippen molar-refractivity contribution in [3.63, 3.8) is 0 Å². The quantitative estimate of drug-likeness (QED) is 0.874. The van der Waals surface area contributed by atoms with Crippen molar-refractivity contribution in [2.24, 2.45) is 5.92 Å². The molecule has 1 saturated carbocycles. The van der Waals surface area contributed by atoms with Crippen molar-refractivity contribution in [2.45, 2.75) is 52.0 Å². The molecule has 0 aliphatic heterocycles. The molecule has 5 nitrogen and oxygen atoms in total. The SMILES string of the molecule is Cc1oc(CN(C)C(=O)CCC2CCCC2)cc1C(=O)O. The van der Waals surface area contributed by atoms with Gasteiger partial charge < -0.3 is 14.4 Å². The number of hydrogen-bond acceptors (Lipinski definition) is 3. The molecule has 0 saturated heterocycles. The summed E-state index contributed by atoms with van der Waals surface area (Å²) in [5.74, 6) is 0.684. The number of furan rings is 1. The van der Waals surface area contributed by atoms with Gasteiger partial charge in [0.15, 0.2) is 0 Å². The molecule has 1 aromatic rings. The molecule has 5 heteroatoms. The van der Waals surface area contributed by atoms with Gasteiger partial charge in [0.05, 0.1) is 6.54 Å². The smallest absolute Gasteiger partial charge is 0.339 e. The van der Waals surface area contributed by atoms with E-state index in [1.165, 1.54) is 31.7 Å². The zero-order valence-electron chi connectivity index (χ0n) is 12.7. The molecule has 0 radical (unpaired) electrons. The highest BCUT2D eigenvalue weighted by atomic mass is 16.4. The highest BCUT2D eigenvalue weighted by Gasteiger charge is 2.19. The third-order valence-corrected chi connectivity index (χ3v) is 4.26. The van der Waals surface area contributed by atoms with Gasteiger partial charge >= 0.3 is 5.97 Å². The first kappa shape index (κ1) is 15.6. The molecule has 0 aromatic carbocycles. The van der Waals surface area contributed by atoms with E-state index in [-0.39, 0.29) is 11.5 Å². The zero-order chi connectivity index (χ0) is 15.4. The molecule has 1 heterocycles. The first-order chi connectivity index (χ1) is 9.97. The van der Waals surface area contributed by atoms with E-state index in [0.717, 1.165) is 6.42 Å². The summed E-state index contributed by atoms with van der Waals surface area (Å²) in [4.78, 5) is 24.7. The minimum Gasteiger partial charge on any atom is -0.478 e. The molecule has 0 unspecified atom stereocenters. The Hall–Kier alpha value is -1.78. The maximum Gasteiger partial charge on any atom is 0.339 e. The number of carbonyl (C=O) groups is 2. The van der Waals surface area contributed by atoms with Gasteiger partial charge in [0.25, 0.3) is 0 Å². The maximum absolute atomic E-state index is 12.1. The molecule has 1 aliphatic carbocycles. The fourth-order valence-electron chi connectivity index (χ4n) is 2.97. The molecule has 1 aromatic heterocycles. The second-order valence-corrected chi connectivity index (χ2v) is 5.93. The summed E-state index contributed by atoms with van der Waals surface area (Å²) < 4.78 is 5.40. The van der Waals surface area contributed by atoms with Crippen LogP contribution < -0.4 is 0 Å². The van der Waals surface area contributed by atoms with Crippen molar-refractivity contribution in [3.05, 3.63) is 23.2 Å². The molecule has 0 spiro atoms. The molecular formula is C16H23NO4. The van der Waals surface area contributed by atoms with Crippen LogP contribution in [-0.2, 0) is 11.3 Å². The number of amides is 1. The van der Waals surface area contributed by atoms with Gasteiger partial charge in [0, 0.05) is 13.5 Å². The summed E-state index contributed by atoms with van der Waals surface area (Å²) in [7, 11) is 1.73. The lowest BCUT2D eigenvalue weighted by Crippen LogP contribution is -2.26. The first-order valence-electron chi connectivity index (χ1n) is 7.54. The topological polar surface area (TPSA) is 70.8 Å². The normalized spacial score (nSPS) is 15.3. The van der Waals surface area contributed by atoms with E-state index in [1.54, 1.807) is 18.9 Å². The highest BCUT2D eigenvalue weighted by Crippen LogP contribution is 2.28. The van der Waals surface area contributed by atoms with Crippen molar-refractivity contribution < 1.29 is 19.1 Å². The van der Waals surface area contributed by atoms with Crippen LogP contribution in [-0.4, -0.2) is 28.9 Å². The Morgan fingerprint density at radius 1 is 1.38 bits per heavy atom. The Balaban J connectivity index is 1.85. The third kappa shape index (κ3) is 4.09. The van der Waals surface area contributed by atoms with Gasteiger partial charge in [-0.1, -0.05) is 25.7 Å². The van der Waals surface area contributed by atoms with Crippen molar-refractivity contribution in [1.29, 1.82) is 0 Å². The fourth-order valence-corrected chi connectivity index (χ4v) is 2.97. The number of rotatable bonds is 6. The predicted molar refractivity (Wildman–Crippen MR) is 78.1 cm³/mol. The highest BCUT2D eigenvalue weighted by molar-refractivity contribution is 5.88. The lowest BCUT2D eigenvalue weighted by Gasteiger charge is -2.17. The van der Waals surface area contributed by atoms with Crippen molar-refractivity contribution in [1.82, 2.24) is 4.90 Å². The van der Waals surface area contributed by atoms with Crippen LogP contribution in [0.2, 0.25) is 0 Å². The Morgan fingerprint density at radius 3 is 2.62 bits per heavy atom. The first-order valence-corrected chi connectivity index (χ1v) is 7.54. The Labute approximate surface area is 124 Å². The molecule has 1 aliphatic rings. The van der Waals surface area contributed by atoms with Crippen LogP contribution in [0.15, 0.2) is 10.5 Å². The van der Waals surface area contributed by atoms with Crippen LogP contribution in [0.1, 0.15) is 60.4 Å². The molecule has 21 heavy (non-hydrogen) atoms. The number of nitrogens with zero attached hydrogens (tertiary/aromatic N) is 1. The third-order valence-electron chi connectivity index (χ3n) is 4.26. The number of hydrogen-bond donors (Lipinski definition) is 1. The van der Waals surface area contributed by atoms with E-state index >= 15 is 0 Å². The van der Waals surface area contributed by atoms with E-state index < -0.39 is 5.97 Å². The van der Waals surface area contributed by atoms with E-state index in [1.807, 2.05) is 0 Å². The molecule has 1 N–H and O–H groups in total. The molecule has 0 bridgehead atoms. The van der Waals surface area contributed by atoms with Gasteiger partial charge in [-0.25, -0.2) is 4.79 Å². The van der Waals surface area contributed by atoms with Gasteiger partial charge in [-0.15, -0.1) is 0 Å². The number of carboxylic acid groups (broad SMARTS) is 1. The second-order valence-electron chi connectivity index (χ2n) is 5.93. The molecule has 0 atom stereocenters. The Kier molecular flexibility index (Phi) is 5.04. The van der Waals surface area contributed by atoms with Gasteiger partial charge in [0.2, 0.25) is 5.91 Å². The molecule has 116 valence electrons. The van der Waals surface area contributed by atoms with E-state index in [9.17, 15) is 9.59 Å². The zero-order valence-corrected chi connectivity index (χ0v) is 12.7. The summed E-state index contributed by atoms with van der Waals surface area (Å²) in [6, 6.07) is 1.50. The van der Waals surface area contributed by atoms with Crippen LogP contribution in [0.25, 0.3) is 0 Å². The van der Waals surface area contributed by atoms with Crippen molar-refractivity contribution >= 4 is 11.9 Å². The van der Waals surface area contributed by atoms with Crippen LogP contribution in [0.5, 0.6) is 0 Å². The minimum absolute atomic E-state index is 0.0906. The molecule has 2 rings (SSSR count). The van der Waals surface area contributed by atoms with E-state index in [0.29, 0.717) is 30.4 Å². The Morgan fingerprint density at radius 2 is 2.05 bits per heavy atom. The summed E-state index contributed by atoms with van der Waals surface area (Å²) in [5.41, 5.74) is 0.164. The van der Waals surface area contributed by atoms with Gasteiger partial charge in [0.1, 0.15) is 17.1 Å². The molecule has 1 fully saturated rings. The molecular weight excluding hydrogens is 270 g/mol. The average Bonchev–Trinajstić information content (AvgIpc) is 3.05. The number of carbonyl (C=O) groups excluding carboxylic acids is 1. The number of aromatic carboxylic acids is 1. The predicted octanol–water partition coefficient (Wildman–Crippen LogP) is 3.22. The van der Waals surface area contributed by atoms with Crippen LogP contribution in [0, 0.1) is 12.8 Å². The molecule has 1 amide bonds. The van der Waals surface area contributed by atoms with Gasteiger partial charge in [-0.05, 0) is 25.3 Å². The largest absolute Gasteiger partial charge is 0.478 e. The summed E-state index contributed by atoms with van der Waals surface area (Å²) in [5, 5.41) is 8.99. The minimum atomic E-state index is -1.00. The van der Waals surface area contributed by atoms with Crippen LogP contribution in [0.3, 0.4) is 0 Å². The van der Waals surface area contributed by atoms with Crippen LogP contribution >= 0.6 is 0 Å². The number of carboxylic acids is 1. The van der Waals surface area contributed by atoms with Crippen molar-refractivity contribution in [3.8, 4) is 0 Å². The lowest BCUT2D eigenvalue weighted by atomic mass is 10.0. The van der Waals surface area contributed by atoms with Crippen LogP contribution in [0.4, 0.5) is 0 Å². The lowest BCUT2D eigenvalue weighted by molar-refractivity contribution is -0.131. The second kappa shape index (κ2) is 6.78. The standard InChI is InChI=1S/C16H23NO4/c1-11-14(16(19)20)9-13(21-11)10-17(2)15(18)8-7-12-5-3-4-6-12/h9,12H,3-8,10H2,1-2H3,(H,19,20). The monoisotopic (exact) mass is 293 g/mol. The Bertz CT molecular complexity index is 514. The summed E-state index contributed by atoms with van der Waals surface area (Å²) >= 11 is 0. The number of aryl methyl sites for hydroxylation is 1. The summed E-state index contributed by atoms with van der Waals surface area (Å²) in [6.45, 7) is 1.94. The fraction of sp³-hybridized carbons (Fsp3) is 0.625. The van der Waals surface area contributed by atoms with Gasteiger partial charge in [-0.3, -0.25) is 4.79 Å². The van der Waals surface area contributed by atoms with Crippen molar-refractivity contribution in [2.75, 3.05) is 7.05 Å². The summed E-state index contributed by atoms with van der Waals surface area (Å²) in [6.07, 6.45) is 6.59.